The fraction of sp³-hybridized carbons (Fsp3) is 0.455. The Morgan fingerprint density at radius 1 is 1.50 bits per heavy atom. The summed E-state index contributed by atoms with van der Waals surface area (Å²) in [7, 11) is 0. The predicted molar refractivity (Wildman–Crippen MR) is 63.1 cm³/mol. The van der Waals surface area contributed by atoms with Gasteiger partial charge in [-0.3, -0.25) is 0 Å². The third-order valence-corrected chi connectivity index (χ3v) is 2.52. The first kappa shape index (κ1) is 11.4. The second-order valence-electron chi connectivity index (χ2n) is 3.25. The average Bonchev–Trinajstić information content (AvgIpc) is 2.20. The Kier molecular flexibility index (Phi) is 4.29. The molecule has 78 valence electrons. The summed E-state index contributed by atoms with van der Waals surface area (Å²) in [6.07, 6.45) is 0. The Labute approximate surface area is 90.9 Å². The van der Waals surface area contributed by atoms with Crippen LogP contribution in [0.25, 0.3) is 0 Å². The van der Waals surface area contributed by atoms with E-state index in [4.69, 9.17) is 10.5 Å². The smallest absolute Gasteiger partial charge is 0.122 e. The SMILES string of the molecule is CCOc1ccc(C(N)CS)cc1C. The van der Waals surface area contributed by atoms with Crippen LogP contribution in [0.5, 0.6) is 5.75 Å². The maximum Gasteiger partial charge on any atom is 0.122 e. The maximum absolute atomic E-state index is 5.87. The van der Waals surface area contributed by atoms with E-state index in [0.29, 0.717) is 12.4 Å². The second-order valence-corrected chi connectivity index (χ2v) is 3.61. The van der Waals surface area contributed by atoms with Crippen LogP contribution in [0.15, 0.2) is 18.2 Å². The van der Waals surface area contributed by atoms with Crippen molar-refractivity contribution in [1.29, 1.82) is 0 Å². The Balaban J connectivity index is 2.88. The second kappa shape index (κ2) is 5.27. The first-order chi connectivity index (χ1) is 6.69. The lowest BCUT2D eigenvalue weighted by Gasteiger charge is -2.12. The van der Waals surface area contributed by atoms with Crippen molar-refractivity contribution in [3.63, 3.8) is 0 Å². The van der Waals surface area contributed by atoms with E-state index < -0.39 is 0 Å². The molecule has 0 fully saturated rings. The fourth-order valence-corrected chi connectivity index (χ4v) is 1.54. The third kappa shape index (κ3) is 2.66. The molecule has 0 spiro atoms. The van der Waals surface area contributed by atoms with E-state index in [1.54, 1.807) is 0 Å². The van der Waals surface area contributed by atoms with Crippen LogP contribution < -0.4 is 10.5 Å². The van der Waals surface area contributed by atoms with Crippen LogP contribution in [-0.2, 0) is 0 Å². The molecule has 0 heterocycles. The number of ether oxygens (including phenoxy) is 1. The third-order valence-electron chi connectivity index (χ3n) is 2.12. The number of rotatable bonds is 4. The lowest BCUT2D eigenvalue weighted by Crippen LogP contribution is -2.11. The van der Waals surface area contributed by atoms with E-state index in [2.05, 4.69) is 18.7 Å². The molecule has 0 aromatic heterocycles. The number of benzene rings is 1. The Morgan fingerprint density at radius 2 is 2.21 bits per heavy atom. The van der Waals surface area contributed by atoms with Gasteiger partial charge in [-0.25, -0.2) is 0 Å². The molecule has 1 rings (SSSR count). The largest absolute Gasteiger partial charge is 0.494 e. The van der Waals surface area contributed by atoms with E-state index in [-0.39, 0.29) is 6.04 Å². The zero-order chi connectivity index (χ0) is 10.6. The van der Waals surface area contributed by atoms with E-state index in [1.165, 1.54) is 0 Å². The number of aryl methyl sites for hydroxylation is 1. The first-order valence-corrected chi connectivity index (χ1v) is 5.42. The zero-order valence-corrected chi connectivity index (χ0v) is 9.55. The molecule has 0 amide bonds. The molecule has 1 unspecified atom stereocenters. The van der Waals surface area contributed by atoms with Crippen molar-refractivity contribution in [1.82, 2.24) is 0 Å². The van der Waals surface area contributed by atoms with Crippen LogP contribution in [0.4, 0.5) is 0 Å². The number of nitrogens with two attached hydrogens (primary N) is 1. The zero-order valence-electron chi connectivity index (χ0n) is 8.66. The molecular formula is C11H17NOS. The number of hydrogen-bond acceptors (Lipinski definition) is 3. The summed E-state index contributed by atoms with van der Waals surface area (Å²) in [6, 6.07) is 6.04. The molecule has 0 bridgehead atoms. The first-order valence-electron chi connectivity index (χ1n) is 4.78. The minimum Gasteiger partial charge on any atom is -0.494 e. The van der Waals surface area contributed by atoms with E-state index in [1.807, 2.05) is 26.0 Å². The van der Waals surface area contributed by atoms with Crippen molar-refractivity contribution in [3.05, 3.63) is 29.3 Å². The number of thiol groups is 1. The Morgan fingerprint density at radius 3 is 2.71 bits per heavy atom. The molecule has 0 saturated carbocycles. The number of hydrogen-bond donors (Lipinski definition) is 2. The van der Waals surface area contributed by atoms with Gasteiger partial charge in [-0.1, -0.05) is 12.1 Å². The molecule has 0 aliphatic heterocycles. The molecule has 2 N–H and O–H groups in total. The highest BCUT2D eigenvalue weighted by Crippen LogP contribution is 2.22. The van der Waals surface area contributed by atoms with Gasteiger partial charge < -0.3 is 10.5 Å². The van der Waals surface area contributed by atoms with Crippen LogP contribution >= 0.6 is 12.6 Å². The van der Waals surface area contributed by atoms with Crippen molar-refractivity contribution in [2.75, 3.05) is 12.4 Å². The lowest BCUT2D eigenvalue weighted by atomic mass is 10.1. The van der Waals surface area contributed by atoms with Gasteiger partial charge in [0.05, 0.1) is 6.61 Å². The van der Waals surface area contributed by atoms with E-state index in [9.17, 15) is 0 Å². The standard InChI is InChI=1S/C11H17NOS/c1-3-13-11-5-4-9(6-8(11)2)10(12)7-14/h4-6,10,14H,3,7,12H2,1-2H3. The van der Waals surface area contributed by atoms with E-state index >= 15 is 0 Å². The molecule has 0 saturated heterocycles. The summed E-state index contributed by atoms with van der Waals surface area (Å²) >= 11 is 4.17. The van der Waals surface area contributed by atoms with Gasteiger partial charge in [-0.15, -0.1) is 0 Å². The average molecular weight is 211 g/mol. The monoisotopic (exact) mass is 211 g/mol. The van der Waals surface area contributed by atoms with Crippen LogP contribution in [0, 0.1) is 6.92 Å². The minimum atomic E-state index is 0.00714. The van der Waals surface area contributed by atoms with Gasteiger partial charge in [-0.05, 0) is 31.0 Å². The highest BCUT2D eigenvalue weighted by Gasteiger charge is 2.06. The van der Waals surface area contributed by atoms with Crippen molar-refractivity contribution < 1.29 is 4.74 Å². The quantitative estimate of drug-likeness (QED) is 0.750. The highest BCUT2D eigenvalue weighted by molar-refractivity contribution is 7.80. The summed E-state index contributed by atoms with van der Waals surface area (Å²) in [4.78, 5) is 0. The van der Waals surface area contributed by atoms with Gasteiger partial charge in [0.15, 0.2) is 0 Å². The molecular weight excluding hydrogens is 194 g/mol. The summed E-state index contributed by atoms with van der Waals surface area (Å²) in [6.45, 7) is 4.70. The fourth-order valence-electron chi connectivity index (χ4n) is 1.33. The molecule has 3 heteroatoms. The van der Waals surface area contributed by atoms with Crippen LogP contribution in [0.2, 0.25) is 0 Å². The van der Waals surface area contributed by atoms with Crippen molar-refractivity contribution >= 4 is 12.6 Å². The minimum absolute atomic E-state index is 0.00714. The molecule has 14 heavy (non-hydrogen) atoms. The van der Waals surface area contributed by atoms with Crippen molar-refractivity contribution in [3.8, 4) is 5.75 Å². The summed E-state index contributed by atoms with van der Waals surface area (Å²) in [5.74, 6) is 1.59. The van der Waals surface area contributed by atoms with Crippen molar-refractivity contribution in [2.24, 2.45) is 5.73 Å². The molecule has 1 aromatic carbocycles. The van der Waals surface area contributed by atoms with Gasteiger partial charge in [0, 0.05) is 11.8 Å². The van der Waals surface area contributed by atoms with Crippen LogP contribution in [0.3, 0.4) is 0 Å². The van der Waals surface area contributed by atoms with Crippen LogP contribution in [-0.4, -0.2) is 12.4 Å². The van der Waals surface area contributed by atoms with Gasteiger partial charge in [0.1, 0.15) is 5.75 Å². The van der Waals surface area contributed by atoms with Gasteiger partial charge in [0.25, 0.3) is 0 Å². The molecule has 2 nitrogen and oxygen atoms in total. The highest BCUT2D eigenvalue weighted by atomic mass is 32.1. The normalized spacial score (nSPS) is 12.6. The summed E-state index contributed by atoms with van der Waals surface area (Å²) in [5.41, 5.74) is 8.11. The molecule has 0 aliphatic rings. The van der Waals surface area contributed by atoms with Gasteiger partial charge in [-0.2, -0.15) is 12.6 Å². The molecule has 1 atom stereocenters. The van der Waals surface area contributed by atoms with Gasteiger partial charge in [0.2, 0.25) is 0 Å². The lowest BCUT2D eigenvalue weighted by molar-refractivity contribution is 0.337. The predicted octanol–water partition coefficient (Wildman–Crippen LogP) is 2.32. The Bertz CT molecular complexity index is 301. The topological polar surface area (TPSA) is 35.2 Å². The molecule has 0 aliphatic carbocycles. The van der Waals surface area contributed by atoms with Gasteiger partial charge >= 0.3 is 0 Å². The summed E-state index contributed by atoms with van der Waals surface area (Å²) in [5, 5.41) is 0. The summed E-state index contributed by atoms with van der Waals surface area (Å²) < 4.78 is 5.45. The van der Waals surface area contributed by atoms with Crippen LogP contribution in [0.1, 0.15) is 24.1 Å². The Hall–Kier alpha value is -0.670. The molecule has 1 aromatic rings. The molecule has 0 radical (unpaired) electrons. The maximum atomic E-state index is 5.87. The van der Waals surface area contributed by atoms with Crippen molar-refractivity contribution in [2.45, 2.75) is 19.9 Å². The van der Waals surface area contributed by atoms with E-state index in [0.717, 1.165) is 16.9 Å².